The zero-order valence-electron chi connectivity index (χ0n) is 12.5. The predicted molar refractivity (Wildman–Crippen MR) is 80.2 cm³/mol. The molecule has 0 aromatic carbocycles. The molecule has 0 N–H and O–H groups in total. The molecule has 20 heavy (non-hydrogen) atoms. The molecule has 1 aliphatic carbocycles. The molecule has 1 aromatic rings. The second-order valence-electron chi connectivity index (χ2n) is 6.02. The average Bonchev–Trinajstić information content (AvgIpc) is 2.52. The molecule has 2 rings (SSSR count). The summed E-state index contributed by atoms with van der Waals surface area (Å²) >= 11 is 0. The van der Waals surface area contributed by atoms with Crippen LogP contribution in [-0.4, -0.2) is 9.97 Å². The van der Waals surface area contributed by atoms with Gasteiger partial charge in [-0.25, -0.2) is 9.97 Å². The van der Waals surface area contributed by atoms with Gasteiger partial charge in [-0.05, 0) is 43.1 Å². The Morgan fingerprint density at radius 1 is 1.10 bits per heavy atom. The van der Waals surface area contributed by atoms with Crippen LogP contribution in [0.15, 0.2) is 12.4 Å². The van der Waals surface area contributed by atoms with Crippen molar-refractivity contribution in [3.05, 3.63) is 23.8 Å². The standard InChI is InChI=1S/C17H25N3/c1-2-3-4-5-6-14-7-9-15(10-8-14)16-12-19-17(11-18)20-13-16/h12-15H,2-10H2,1H3. The van der Waals surface area contributed by atoms with E-state index in [2.05, 4.69) is 16.9 Å². The highest BCUT2D eigenvalue weighted by molar-refractivity contribution is 5.17. The minimum Gasteiger partial charge on any atom is -0.227 e. The Labute approximate surface area is 122 Å². The molecule has 0 spiro atoms. The first-order valence-electron chi connectivity index (χ1n) is 8.05. The molecule has 1 fully saturated rings. The van der Waals surface area contributed by atoms with Gasteiger partial charge in [0.25, 0.3) is 0 Å². The van der Waals surface area contributed by atoms with Crippen LogP contribution in [0.25, 0.3) is 0 Å². The van der Waals surface area contributed by atoms with Crippen LogP contribution in [0.2, 0.25) is 0 Å². The lowest BCUT2D eigenvalue weighted by atomic mass is 9.77. The minimum atomic E-state index is 0.276. The lowest BCUT2D eigenvalue weighted by molar-refractivity contribution is 0.301. The Hall–Kier alpha value is -1.43. The summed E-state index contributed by atoms with van der Waals surface area (Å²) in [6.45, 7) is 2.27. The SMILES string of the molecule is CCCCCCC1CCC(c2cnc(C#N)nc2)CC1. The quantitative estimate of drug-likeness (QED) is 0.711. The van der Waals surface area contributed by atoms with Crippen LogP contribution in [0.1, 0.15) is 82.0 Å². The molecule has 1 aromatic heterocycles. The van der Waals surface area contributed by atoms with E-state index < -0.39 is 0 Å². The molecule has 3 nitrogen and oxygen atoms in total. The maximum absolute atomic E-state index is 8.72. The van der Waals surface area contributed by atoms with Gasteiger partial charge in [-0.3, -0.25) is 0 Å². The van der Waals surface area contributed by atoms with Gasteiger partial charge < -0.3 is 0 Å². The highest BCUT2D eigenvalue weighted by Gasteiger charge is 2.22. The summed E-state index contributed by atoms with van der Waals surface area (Å²) in [6, 6.07) is 1.98. The van der Waals surface area contributed by atoms with Crippen molar-refractivity contribution in [1.29, 1.82) is 5.26 Å². The van der Waals surface area contributed by atoms with E-state index in [-0.39, 0.29) is 5.82 Å². The molecular formula is C17H25N3. The average molecular weight is 271 g/mol. The Bertz CT molecular complexity index is 425. The maximum Gasteiger partial charge on any atom is 0.232 e. The van der Waals surface area contributed by atoms with Gasteiger partial charge in [0.15, 0.2) is 0 Å². The van der Waals surface area contributed by atoms with Crippen molar-refractivity contribution in [2.75, 3.05) is 0 Å². The van der Waals surface area contributed by atoms with Crippen LogP contribution in [0, 0.1) is 17.2 Å². The van der Waals surface area contributed by atoms with Crippen molar-refractivity contribution in [2.24, 2.45) is 5.92 Å². The smallest absolute Gasteiger partial charge is 0.227 e. The summed E-state index contributed by atoms with van der Waals surface area (Å²) in [5.74, 6) is 1.82. The Morgan fingerprint density at radius 2 is 1.80 bits per heavy atom. The van der Waals surface area contributed by atoms with Gasteiger partial charge in [-0.1, -0.05) is 39.0 Å². The third kappa shape index (κ3) is 4.30. The zero-order valence-corrected chi connectivity index (χ0v) is 12.5. The van der Waals surface area contributed by atoms with E-state index in [1.807, 2.05) is 18.5 Å². The first kappa shape index (κ1) is 15.0. The third-order valence-electron chi connectivity index (χ3n) is 4.56. The number of unbranched alkanes of at least 4 members (excludes halogenated alkanes) is 3. The molecule has 1 aliphatic rings. The molecule has 0 saturated heterocycles. The van der Waals surface area contributed by atoms with Crippen LogP contribution in [0.5, 0.6) is 0 Å². The minimum absolute atomic E-state index is 0.276. The molecule has 3 heteroatoms. The van der Waals surface area contributed by atoms with E-state index >= 15 is 0 Å². The molecule has 1 saturated carbocycles. The molecular weight excluding hydrogens is 246 g/mol. The normalized spacial score (nSPS) is 22.4. The fourth-order valence-corrected chi connectivity index (χ4v) is 3.25. The van der Waals surface area contributed by atoms with E-state index in [4.69, 9.17) is 5.26 Å². The first-order valence-corrected chi connectivity index (χ1v) is 8.05. The second kappa shape index (κ2) is 7.99. The lowest BCUT2D eigenvalue weighted by Crippen LogP contribution is -2.14. The van der Waals surface area contributed by atoms with Crippen LogP contribution in [0.3, 0.4) is 0 Å². The summed E-state index contributed by atoms with van der Waals surface area (Å²) in [5, 5.41) is 8.72. The number of nitrogens with zero attached hydrogens (tertiary/aromatic N) is 3. The Balaban J connectivity index is 1.74. The van der Waals surface area contributed by atoms with Crippen molar-refractivity contribution in [3.63, 3.8) is 0 Å². The summed E-state index contributed by atoms with van der Waals surface area (Å²) in [5.41, 5.74) is 1.22. The molecule has 0 amide bonds. The number of rotatable bonds is 6. The molecule has 108 valence electrons. The van der Waals surface area contributed by atoms with Crippen LogP contribution >= 0.6 is 0 Å². The highest BCUT2D eigenvalue weighted by Crippen LogP contribution is 2.37. The molecule has 0 atom stereocenters. The van der Waals surface area contributed by atoms with Gasteiger partial charge in [0.05, 0.1) is 0 Å². The number of aromatic nitrogens is 2. The molecule has 0 bridgehead atoms. The predicted octanol–water partition coefficient (Wildman–Crippen LogP) is 4.59. The van der Waals surface area contributed by atoms with Crippen molar-refractivity contribution in [1.82, 2.24) is 9.97 Å². The molecule has 0 aliphatic heterocycles. The van der Waals surface area contributed by atoms with Crippen molar-refractivity contribution in [3.8, 4) is 6.07 Å². The van der Waals surface area contributed by atoms with E-state index in [0.717, 1.165) is 5.92 Å². The fourth-order valence-electron chi connectivity index (χ4n) is 3.25. The van der Waals surface area contributed by atoms with Gasteiger partial charge in [-0.2, -0.15) is 5.26 Å². The van der Waals surface area contributed by atoms with E-state index in [1.54, 1.807) is 0 Å². The molecule has 1 heterocycles. The molecule has 0 unspecified atom stereocenters. The lowest BCUT2D eigenvalue weighted by Gasteiger charge is -2.28. The summed E-state index contributed by atoms with van der Waals surface area (Å²) < 4.78 is 0. The van der Waals surface area contributed by atoms with Gasteiger partial charge >= 0.3 is 0 Å². The summed E-state index contributed by atoms with van der Waals surface area (Å²) in [4.78, 5) is 8.18. The van der Waals surface area contributed by atoms with Crippen LogP contribution in [0.4, 0.5) is 0 Å². The Morgan fingerprint density at radius 3 is 2.40 bits per heavy atom. The van der Waals surface area contributed by atoms with Gasteiger partial charge in [-0.15, -0.1) is 0 Å². The second-order valence-corrected chi connectivity index (χ2v) is 6.02. The monoisotopic (exact) mass is 271 g/mol. The van der Waals surface area contributed by atoms with E-state index in [0.29, 0.717) is 5.92 Å². The topological polar surface area (TPSA) is 49.6 Å². The van der Waals surface area contributed by atoms with Crippen LogP contribution in [-0.2, 0) is 0 Å². The number of hydrogen-bond acceptors (Lipinski definition) is 3. The van der Waals surface area contributed by atoms with Crippen molar-refractivity contribution < 1.29 is 0 Å². The van der Waals surface area contributed by atoms with Crippen LogP contribution < -0.4 is 0 Å². The Kier molecular flexibility index (Phi) is 5.98. The highest BCUT2D eigenvalue weighted by atomic mass is 14.9. The summed E-state index contributed by atoms with van der Waals surface area (Å²) in [6.07, 6.45) is 15.8. The summed E-state index contributed by atoms with van der Waals surface area (Å²) in [7, 11) is 0. The third-order valence-corrected chi connectivity index (χ3v) is 4.56. The maximum atomic E-state index is 8.72. The van der Waals surface area contributed by atoms with Gasteiger partial charge in [0.1, 0.15) is 6.07 Å². The fraction of sp³-hybridized carbons (Fsp3) is 0.706. The van der Waals surface area contributed by atoms with Crippen molar-refractivity contribution in [2.45, 2.75) is 70.6 Å². The van der Waals surface area contributed by atoms with E-state index in [9.17, 15) is 0 Å². The number of nitriles is 1. The van der Waals surface area contributed by atoms with Crippen molar-refractivity contribution >= 4 is 0 Å². The zero-order chi connectivity index (χ0) is 14.2. The van der Waals surface area contributed by atoms with Gasteiger partial charge in [0.2, 0.25) is 5.82 Å². The first-order chi connectivity index (χ1) is 9.83. The number of hydrogen-bond donors (Lipinski definition) is 0. The molecule has 0 radical (unpaired) electrons. The largest absolute Gasteiger partial charge is 0.232 e. The van der Waals surface area contributed by atoms with E-state index in [1.165, 1.54) is 63.4 Å². The van der Waals surface area contributed by atoms with Gasteiger partial charge in [0, 0.05) is 12.4 Å².